The van der Waals surface area contributed by atoms with Crippen molar-refractivity contribution in [3.05, 3.63) is 112 Å². The normalized spacial score (nSPS) is 18.5. The van der Waals surface area contributed by atoms with Crippen molar-refractivity contribution in [3.8, 4) is 0 Å². The SMILES string of the molecule is Cn1cnnc1SC[C@@H]1C[C@H](c2ccc(CO)cc2)O[C@H](c2ccc(CNC(=O)c3c(F)c(F)c(F)c(F)c3F)cc2)O1. The van der Waals surface area contributed by atoms with Gasteiger partial charge in [-0.3, -0.25) is 4.79 Å². The van der Waals surface area contributed by atoms with Crippen LogP contribution in [-0.2, 0) is 29.7 Å². The number of ether oxygens (including phenoxy) is 2. The van der Waals surface area contributed by atoms with E-state index in [0.29, 0.717) is 23.3 Å². The number of nitrogens with one attached hydrogen (secondary N) is 1. The minimum Gasteiger partial charge on any atom is -0.392 e. The van der Waals surface area contributed by atoms with Crippen LogP contribution in [0.5, 0.6) is 0 Å². The third kappa shape index (κ3) is 6.72. The molecule has 1 aliphatic rings. The molecule has 4 aromatic rings. The largest absolute Gasteiger partial charge is 0.392 e. The predicted molar refractivity (Wildman–Crippen MR) is 144 cm³/mol. The van der Waals surface area contributed by atoms with E-state index in [0.717, 1.165) is 16.3 Å². The number of carbonyl (C=O) groups excluding carboxylic acids is 1. The predicted octanol–water partition coefficient (Wildman–Crippen LogP) is 5.27. The molecule has 43 heavy (non-hydrogen) atoms. The molecule has 1 aromatic heterocycles. The molecule has 1 saturated heterocycles. The molecule has 0 radical (unpaired) electrons. The Balaban J connectivity index is 1.29. The maximum Gasteiger partial charge on any atom is 0.257 e. The Labute approximate surface area is 246 Å². The molecule has 3 atom stereocenters. The number of thioether (sulfide) groups is 1. The molecule has 2 heterocycles. The Kier molecular flexibility index (Phi) is 9.40. The fourth-order valence-corrected chi connectivity index (χ4v) is 5.37. The summed E-state index contributed by atoms with van der Waals surface area (Å²) in [4.78, 5) is 12.3. The van der Waals surface area contributed by atoms with Gasteiger partial charge in [-0.05, 0) is 16.7 Å². The zero-order chi connectivity index (χ0) is 30.7. The van der Waals surface area contributed by atoms with Gasteiger partial charge in [-0.1, -0.05) is 60.3 Å². The average Bonchev–Trinajstić information content (AvgIpc) is 3.45. The van der Waals surface area contributed by atoms with Gasteiger partial charge in [0.2, 0.25) is 5.82 Å². The lowest BCUT2D eigenvalue weighted by Gasteiger charge is -2.36. The lowest BCUT2D eigenvalue weighted by atomic mass is 10.0. The highest BCUT2D eigenvalue weighted by Crippen LogP contribution is 2.39. The number of carbonyl (C=O) groups is 1. The summed E-state index contributed by atoms with van der Waals surface area (Å²) in [7, 11) is 1.84. The van der Waals surface area contributed by atoms with E-state index in [9.17, 15) is 31.9 Å². The lowest BCUT2D eigenvalue weighted by molar-refractivity contribution is -0.245. The van der Waals surface area contributed by atoms with Gasteiger partial charge in [-0.15, -0.1) is 10.2 Å². The highest BCUT2D eigenvalue weighted by atomic mass is 32.2. The Morgan fingerprint density at radius 1 is 0.930 bits per heavy atom. The molecular weight excluding hydrogens is 595 g/mol. The van der Waals surface area contributed by atoms with Crippen molar-refractivity contribution in [2.75, 3.05) is 5.75 Å². The molecule has 0 aliphatic carbocycles. The fourth-order valence-electron chi connectivity index (χ4n) is 4.46. The Morgan fingerprint density at radius 2 is 1.53 bits per heavy atom. The number of benzene rings is 3. The summed E-state index contributed by atoms with van der Waals surface area (Å²) in [5, 5.41) is 20.3. The minimum atomic E-state index is -2.34. The fraction of sp³-hybridized carbons (Fsp3) is 0.276. The number of nitrogens with zero attached hydrogens (tertiary/aromatic N) is 3. The van der Waals surface area contributed by atoms with Gasteiger partial charge in [0, 0.05) is 31.3 Å². The van der Waals surface area contributed by atoms with Crippen LogP contribution in [0.25, 0.3) is 0 Å². The number of aromatic nitrogens is 3. The van der Waals surface area contributed by atoms with E-state index < -0.39 is 46.8 Å². The first-order valence-electron chi connectivity index (χ1n) is 13.0. The van der Waals surface area contributed by atoms with Crippen LogP contribution in [0, 0.1) is 29.1 Å². The number of aryl methyl sites for hydroxylation is 1. The number of hydrogen-bond acceptors (Lipinski definition) is 7. The van der Waals surface area contributed by atoms with Crippen molar-refractivity contribution in [3.63, 3.8) is 0 Å². The monoisotopic (exact) mass is 620 g/mol. The number of aliphatic hydroxyl groups is 1. The molecular formula is C29H25F5N4O4S. The standard InChI is InChI=1S/C29H25F5N4O4S/c1-38-14-36-37-29(38)43-13-19-10-20(17-6-4-16(12-39)5-7-17)42-28(41-19)18-8-2-15(3-9-18)11-35-27(40)21-22(30)24(32)26(34)25(33)23(21)31/h2-9,14,19-20,28,39H,10-13H2,1H3,(H,35,40)/t19-,20+,28+/m0/s1. The molecule has 0 bridgehead atoms. The molecule has 2 N–H and O–H groups in total. The first-order chi connectivity index (χ1) is 20.7. The van der Waals surface area contributed by atoms with Gasteiger partial charge in [0.1, 0.15) is 11.9 Å². The van der Waals surface area contributed by atoms with Crippen molar-refractivity contribution >= 4 is 17.7 Å². The van der Waals surface area contributed by atoms with E-state index in [-0.39, 0.29) is 25.4 Å². The topological polar surface area (TPSA) is 98.5 Å². The maximum atomic E-state index is 14.0. The van der Waals surface area contributed by atoms with E-state index in [1.807, 2.05) is 31.3 Å². The Morgan fingerprint density at radius 3 is 2.14 bits per heavy atom. The van der Waals surface area contributed by atoms with Crippen molar-refractivity contribution in [2.45, 2.75) is 43.2 Å². The van der Waals surface area contributed by atoms with Crippen LogP contribution in [0.1, 0.15) is 51.4 Å². The summed E-state index contributed by atoms with van der Waals surface area (Å²) >= 11 is 1.49. The van der Waals surface area contributed by atoms with Crippen molar-refractivity contribution in [2.24, 2.45) is 7.05 Å². The van der Waals surface area contributed by atoms with Gasteiger partial charge in [0.25, 0.3) is 5.91 Å². The summed E-state index contributed by atoms with van der Waals surface area (Å²) in [6.45, 7) is -0.329. The summed E-state index contributed by atoms with van der Waals surface area (Å²) in [6, 6.07) is 14.0. The van der Waals surface area contributed by atoms with Crippen LogP contribution in [0.2, 0.25) is 0 Å². The molecule has 0 unspecified atom stereocenters. The summed E-state index contributed by atoms with van der Waals surface area (Å²) in [5.74, 6) is -12.0. The number of rotatable bonds is 9. The highest BCUT2D eigenvalue weighted by molar-refractivity contribution is 7.99. The molecule has 1 fully saturated rings. The molecule has 5 rings (SSSR count). The number of aliphatic hydroxyl groups excluding tert-OH is 1. The van der Waals surface area contributed by atoms with Crippen LogP contribution in [0.15, 0.2) is 60.0 Å². The molecule has 1 aliphatic heterocycles. The first kappa shape index (κ1) is 30.6. The van der Waals surface area contributed by atoms with Crippen LogP contribution < -0.4 is 5.32 Å². The maximum absolute atomic E-state index is 14.0. The third-order valence-electron chi connectivity index (χ3n) is 6.82. The molecule has 226 valence electrons. The van der Waals surface area contributed by atoms with Gasteiger partial charge in [-0.2, -0.15) is 0 Å². The van der Waals surface area contributed by atoms with Crippen LogP contribution >= 0.6 is 11.8 Å². The number of halogens is 5. The molecule has 0 spiro atoms. The average molecular weight is 621 g/mol. The van der Waals surface area contributed by atoms with Gasteiger partial charge in [-0.25, -0.2) is 22.0 Å². The van der Waals surface area contributed by atoms with Crippen LogP contribution in [-0.4, -0.2) is 37.6 Å². The number of amides is 1. The first-order valence-corrected chi connectivity index (χ1v) is 14.0. The second-order valence-corrected chi connectivity index (χ2v) is 10.7. The molecule has 0 saturated carbocycles. The van der Waals surface area contributed by atoms with Crippen molar-refractivity contribution in [1.29, 1.82) is 0 Å². The third-order valence-corrected chi connectivity index (χ3v) is 7.99. The zero-order valence-corrected chi connectivity index (χ0v) is 23.4. The Bertz CT molecular complexity index is 1570. The van der Waals surface area contributed by atoms with Crippen molar-refractivity contribution in [1.82, 2.24) is 20.1 Å². The summed E-state index contributed by atoms with van der Waals surface area (Å²) in [6.07, 6.45) is 0.842. The van der Waals surface area contributed by atoms with Gasteiger partial charge < -0.3 is 24.5 Å². The summed E-state index contributed by atoms with van der Waals surface area (Å²) in [5.41, 5.74) is 1.26. The van der Waals surface area contributed by atoms with E-state index in [4.69, 9.17) is 9.47 Å². The second-order valence-electron chi connectivity index (χ2n) is 9.75. The van der Waals surface area contributed by atoms with E-state index in [1.165, 1.54) is 11.8 Å². The van der Waals surface area contributed by atoms with Crippen molar-refractivity contribution < 1.29 is 41.3 Å². The minimum absolute atomic E-state index is 0.0805. The number of hydrogen-bond donors (Lipinski definition) is 2. The van der Waals surface area contributed by atoms with E-state index >= 15 is 0 Å². The molecule has 3 aromatic carbocycles. The smallest absolute Gasteiger partial charge is 0.257 e. The van der Waals surface area contributed by atoms with Gasteiger partial charge >= 0.3 is 0 Å². The van der Waals surface area contributed by atoms with E-state index in [1.54, 1.807) is 35.2 Å². The van der Waals surface area contributed by atoms with Crippen LogP contribution in [0.3, 0.4) is 0 Å². The highest BCUT2D eigenvalue weighted by Gasteiger charge is 2.33. The van der Waals surface area contributed by atoms with Crippen LogP contribution in [0.4, 0.5) is 22.0 Å². The molecule has 1 amide bonds. The van der Waals surface area contributed by atoms with E-state index in [2.05, 4.69) is 15.5 Å². The molecule has 8 nitrogen and oxygen atoms in total. The molecule has 14 heteroatoms. The lowest BCUT2D eigenvalue weighted by Crippen LogP contribution is -2.31. The van der Waals surface area contributed by atoms with Gasteiger partial charge in [0.05, 0.1) is 18.8 Å². The second kappa shape index (κ2) is 13.2. The summed E-state index contributed by atoms with van der Waals surface area (Å²) < 4.78 is 82.6. The quantitative estimate of drug-likeness (QED) is 0.114. The Hall–Kier alpha value is -3.85. The van der Waals surface area contributed by atoms with Gasteiger partial charge in [0.15, 0.2) is 34.7 Å². The zero-order valence-electron chi connectivity index (χ0n) is 22.6.